The lowest BCUT2D eigenvalue weighted by atomic mass is 9.99. The number of hydrogen-bond donors (Lipinski definition) is 1. The van der Waals surface area contributed by atoms with Crippen LogP contribution in [0.15, 0.2) is 42.5 Å². The van der Waals surface area contributed by atoms with E-state index in [0.29, 0.717) is 16.3 Å². The average molecular weight is 357 g/mol. The molecule has 2 amide bonds. The Balaban J connectivity index is 1.84. The molecule has 0 unspecified atom stereocenters. The van der Waals surface area contributed by atoms with E-state index in [9.17, 15) is 9.59 Å². The van der Waals surface area contributed by atoms with E-state index >= 15 is 0 Å². The van der Waals surface area contributed by atoms with Crippen LogP contribution >= 0.6 is 11.6 Å². The van der Waals surface area contributed by atoms with Crippen LogP contribution in [0.2, 0.25) is 5.02 Å². The van der Waals surface area contributed by atoms with Crippen molar-refractivity contribution in [2.45, 2.75) is 26.7 Å². The molecular weight excluding hydrogens is 336 g/mol. The van der Waals surface area contributed by atoms with Crippen LogP contribution in [-0.2, 0) is 11.2 Å². The monoisotopic (exact) mass is 356 g/mol. The van der Waals surface area contributed by atoms with Crippen LogP contribution in [0, 0.1) is 5.92 Å². The Kier molecular flexibility index (Phi) is 5.09. The van der Waals surface area contributed by atoms with Crippen LogP contribution < -0.4 is 10.2 Å². The molecule has 0 aliphatic carbocycles. The maximum atomic E-state index is 12.5. The second-order valence-corrected chi connectivity index (χ2v) is 6.99. The molecule has 0 saturated carbocycles. The number of carbonyl (C=O) groups excluding carboxylic acids is 2. The van der Waals surface area contributed by atoms with Crippen molar-refractivity contribution in [2.75, 3.05) is 16.8 Å². The van der Waals surface area contributed by atoms with Crippen molar-refractivity contribution in [1.29, 1.82) is 0 Å². The van der Waals surface area contributed by atoms with Crippen LogP contribution in [0.3, 0.4) is 0 Å². The van der Waals surface area contributed by atoms with E-state index in [1.54, 1.807) is 24.3 Å². The topological polar surface area (TPSA) is 49.4 Å². The van der Waals surface area contributed by atoms with E-state index in [0.717, 1.165) is 30.6 Å². The first-order chi connectivity index (χ1) is 12.0. The second-order valence-electron chi connectivity index (χ2n) is 6.55. The van der Waals surface area contributed by atoms with Gasteiger partial charge < -0.3 is 10.2 Å². The van der Waals surface area contributed by atoms with Gasteiger partial charge in [-0.25, -0.2) is 0 Å². The summed E-state index contributed by atoms with van der Waals surface area (Å²) in [6.45, 7) is 4.53. The lowest BCUT2D eigenvalue weighted by molar-refractivity contribution is -0.121. The van der Waals surface area contributed by atoms with E-state index < -0.39 is 0 Å². The van der Waals surface area contributed by atoms with Gasteiger partial charge in [-0.05, 0) is 54.8 Å². The Morgan fingerprint density at radius 2 is 1.84 bits per heavy atom. The van der Waals surface area contributed by atoms with Crippen molar-refractivity contribution in [3.8, 4) is 0 Å². The number of fused-ring (bicyclic) bond motifs is 1. The molecular formula is C20H21ClN2O2. The van der Waals surface area contributed by atoms with Crippen LogP contribution in [0.25, 0.3) is 0 Å². The highest BCUT2D eigenvalue weighted by Crippen LogP contribution is 2.31. The zero-order chi connectivity index (χ0) is 18.0. The third-order valence-electron chi connectivity index (χ3n) is 4.33. The zero-order valence-electron chi connectivity index (χ0n) is 14.4. The Labute approximate surface area is 152 Å². The number of hydrogen-bond acceptors (Lipinski definition) is 2. The summed E-state index contributed by atoms with van der Waals surface area (Å²) >= 11 is 5.86. The Morgan fingerprint density at radius 3 is 2.52 bits per heavy atom. The molecule has 130 valence electrons. The average Bonchev–Trinajstić information content (AvgIpc) is 2.61. The lowest BCUT2D eigenvalue weighted by Gasteiger charge is -2.31. The van der Waals surface area contributed by atoms with Crippen LogP contribution in [0.1, 0.15) is 36.2 Å². The third-order valence-corrected chi connectivity index (χ3v) is 4.58. The number of aryl methyl sites for hydroxylation is 1. The molecule has 3 rings (SSSR count). The van der Waals surface area contributed by atoms with Crippen molar-refractivity contribution in [3.05, 3.63) is 58.6 Å². The van der Waals surface area contributed by atoms with Gasteiger partial charge in [-0.3, -0.25) is 9.59 Å². The Bertz CT molecular complexity index is 800. The van der Waals surface area contributed by atoms with Crippen molar-refractivity contribution in [2.24, 2.45) is 5.92 Å². The zero-order valence-corrected chi connectivity index (χ0v) is 15.1. The number of nitrogens with one attached hydrogen (secondary N) is 1. The lowest BCUT2D eigenvalue weighted by Crippen LogP contribution is -2.38. The summed E-state index contributed by atoms with van der Waals surface area (Å²) in [5.74, 6) is -0.144. The van der Waals surface area contributed by atoms with Gasteiger partial charge in [0.15, 0.2) is 0 Å². The summed E-state index contributed by atoms with van der Waals surface area (Å²) in [5, 5.41) is 3.49. The summed E-state index contributed by atoms with van der Waals surface area (Å²) in [7, 11) is 0. The molecule has 0 radical (unpaired) electrons. The highest BCUT2D eigenvalue weighted by Gasteiger charge is 2.24. The molecule has 2 aromatic rings. The predicted molar refractivity (Wildman–Crippen MR) is 101 cm³/mol. The first-order valence-electron chi connectivity index (χ1n) is 8.47. The van der Waals surface area contributed by atoms with Gasteiger partial charge in [0.1, 0.15) is 0 Å². The molecule has 5 heteroatoms. The molecule has 1 aliphatic heterocycles. The fourth-order valence-electron chi connectivity index (χ4n) is 3.00. The number of carbonyl (C=O) groups is 2. The maximum absolute atomic E-state index is 12.5. The number of amides is 2. The normalized spacial score (nSPS) is 13.5. The summed E-state index contributed by atoms with van der Waals surface area (Å²) in [5.41, 5.74) is 3.27. The van der Waals surface area contributed by atoms with Gasteiger partial charge in [0.25, 0.3) is 5.91 Å². The molecule has 1 N–H and O–H groups in total. The summed E-state index contributed by atoms with van der Waals surface area (Å²) in [4.78, 5) is 26.7. The van der Waals surface area contributed by atoms with Gasteiger partial charge in [0.05, 0.1) is 0 Å². The highest BCUT2D eigenvalue weighted by atomic mass is 35.5. The molecule has 0 aromatic heterocycles. The molecule has 25 heavy (non-hydrogen) atoms. The fourth-order valence-corrected chi connectivity index (χ4v) is 3.12. The van der Waals surface area contributed by atoms with E-state index in [2.05, 4.69) is 5.32 Å². The first-order valence-corrected chi connectivity index (χ1v) is 8.84. The number of nitrogens with zero attached hydrogens (tertiary/aromatic N) is 1. The fraction of sp³-hybridized carbons (Fsp3) is 0.300. The molecule has 2 aromatic carbocycles. The van der Waals surface area contributed by atoms with Gasteiger partial charge in [-0.15, -0.1) is 0 Å². The predicted octanol–water partition coefficient (Wildman–Crippen LogP) is 4.53. The first kappa shape index (κ1) is 17.5. The van der Waals surface area contributed by atoms with Crippen molar-refractivity contribution in [3.63, 3.8) is 0 Å². The van der Waals surface area contributed by atoms with E-state index in [1.807, 2.05) is 36.9 Å². The molecule has 1 heterocycles. The van der Waals surface area contributed by atoms with Gasteiger partial charge in [-0.1, -0.05) is 31.5 Å². The van der Waals surface area contributed by atoms with Gasteiger partial charge in [0.2, 0.25) is 5.91 Å². The summed E-state index contributed by atoms with van der Waals surface area (Å²) in [6, 6.07) is 12.5. The van der Waals surface area contributed by atoms with Crippen molar-refractivity contribution in [1.82, 2.24) is 0 Å². The number of rotatable bonds is 3. The highest BCUT2D eigenvalue weighted by molar-refractivity contribution is 6.30. The smallest absolute Gasteiger partial charge is 0.255 e. The van der Waals surface area contributed by atoms with Gasteiger partial charge in [-0.2, -0.15) is 0 Å². The Morgan fingerprint density at radius 1 is 1.12 bits per heavy atom. The minimum absolute atomic E-state index is 0.0572. The van der Waals surface area contributed by atoms with E-state index in [4.69, 9.17) is 11.6 Å². The molecule has 0 spiro atoms. The minimum atomic E-state index is -0.200. The molecule has 0 bridgehead atoms. The second kappa shape index (κ2) is 7.28. The molecule has 0 atom stereocenters. The van der Waals surface area contributed by atoms with Crippen molar-refractivity contribution < 1.29 is 9.59 Å². The molecule has 4 nitrogen and oxygen atoms in total. The van der Waals surface area contributed by atoms with Crippen LogP contribution in [-0.4, -0.2) is 18.4 Å². The number of benzene rings is 2. The molecule has 0 saturated heterocycles. The molecule has 1 aliphatic rings. The SMILES string of the molecule is CC(C)C(=O)N1CCCc2ccc(NC(=O)c3ccc(Cl)cc3)cc21. The van der Waals surface area contributed by atoms with E-state index in [1.165, 1.54) is 0 Å². The van der Waals surface area contributed by atoms with E-state index in [-0.39, 0.29) is 17.7 Å². The van der Waals surface area contributed by atoms with Gasteiger partial charge >= 0.3 is 0 Å². The summed E-state index contributed by atoms with van der Waals surface area (Å²) < 4.78 is 0. The maximum Gasteiger partial charge on any atom is 0.255 e. The standard InChI is InChI=1S/C20H21ClN2O2/c1-13(2)20(25)23-11-3-4-14-7-10-17(12-18(14)23)22-19(24)15-5-8-16(21)9-6-15/h5-10,12-13H,3-4,11H2,1-2H3,(H,22,24). The van der Waals surface area contributed by atoms with Crippen LogP contribution in [0.4, 0.5) is 11.4 Å². The minimum Gasteiger partial charge on any atom is -0.322 e. The summed E-state index contributed by atoms with van der Waals surface area (Å²) in [6.07, 6.45) is 1.91. The Hall–Kier alpha value is -2.33. The number of halogens is 1. The quantitative estimate of drug-likeness (QED) is 0.878. The third kappa shape index (κ3) is 3.85. The van der Waals surface area contributed by atoms with Gasteiger partial charge in [0, 0.05) is 34.4 Å². The number of anilines is 2. The van der Waals surface area contributed by atoms with Crippen molar-refractivity contribution >= 4 is 34.8 Å². The van der Waals surface area contributed by atoms with Crippen LogP contribution in [0.5, 0.6) is 0 Å². The molecule has 0 fully saturated rings. The largest absolute Gasteiger partial charge is 0.322 e.